The molecule has 0 saturated heterocycles. The van der Waals surface area contributed by atoms with E-state index in [9.17, 15) is 4.39 Å². The van der Waals surface area contributed by atoms with Crippen molar-refractivity contribution in [3.05, 3.63) is 47.5 Å². The summed E-state index contributed by atoms with van der Waals surface area (Å²) >= 11 is 5.09. The van der Waals surface area contributed by atoms with Gasteiger partial charge in [0.1, 0.15) is 11.6 Å². The summed E-state index contributed by atoms with van der Waals surface area (Å²) in [7, 11) is 0. The number of rotatable bonds is 3. The molecule has 2 aromatic rings. The summed E-state index contributed by atoms with van der Waals surface area (Å²) in [5.74, 6) is 1.01. The second-order valence-corrected chi connectivity index (χ2v) is 4.17. The maximum absolute atomic E-state index is 12.7. The van der Waals surface area contributed by atoms with Crippen molar-refractivity contribution in [1.82, 2.24) is 10.5 Å². The van der Waals surface area contributed by atoms with Crippen molar-refractivity contribution >= 4 is 23.1 Å². The number of thiocarbonyl (C=S) groups is 1. The fraction of sp³-hybridized carbons (Fsp3) is 0.167. The third-order valence-electron chi connectivity index (χ3n) is 2.24. The normalized spacial score (nSPS) is 10.1. The Morgan fingerprint density at radius 1 is 1.39 bits per heavy atom. The van der Waals surface area contributed by atoms with E-state index >= 15 is 0 Å². The van der Waals surface area contributed by atoms with Gasteiger partial charge in [-0.1, -0.05) is 17.3 Å². The Morgan fingerprint density at radius 3 is 2.72 bits per heavy atom. The molecule has 2 rings (SSSR count). The van der Waals surface area contributed by atoms with E-state index in [1.54, 1.807) is 25.1 Å². The fourth-order valence-electron chi connectivity index (χ4n) is 1.37. The van der Waals surface area contributed by atoms with Gasteiger partial charge in [-0.15, -0.1) is 0 Å². The molecule has 0 saturated carbocycles. The van der Waals surface area contributed by atoms with Crippen molar-refractivity contribution in [2.45, 2.75) is 13.5 Å². The minimum absolute atomic E-state index is 0.252. The van der Waals surface area contributed by atoms with Crippen LogP contribution in [0.5, 0.6) is 0 Å². The topological polar surface area (TPSA) is 50.1 Å². The molecule has 6 heteroatoms. The molecule has 1 aromatic heterocycles. The van der Waals surface area contributed by atoms with Crippen molar-refractivity contribution in [1.29, 1.82) is 0 Å². The SMILES string of the molecule is Cc1cc(NC(=S)NCc2ccc(F)cc2)no1. The molecular weight excluding hydrogens is 253 g/mol. The first kappa shape index (κ1) is 12.5. The van der Waals surface area contributed by atoms with Gasteiger partial charge in [-0.2, -0.15) is 0 Å². The minimum Gasteiger partial charge on any atom is -0.360 e. The second-order valence-electron chi connectivity index (χ2n) is 3.76. The summed E-state index contributed by atoms with van der Waals surface area (Å²) in [5, 5.41) is 10.1. The lowest BCUT2D eigenvalue weighted by Gasteiger charge is -2.07. The summed E-state index contributed by atoms with van der Waals surface area (Å²) in [6.45, 7) is 2.32. The number of hydrogen-bond donors (Lipinski definition) is 2. The lowest BCUT2D eigenvalue weighted by molar-refractivity contribution is 0.400. The third-order valence-corrected chi connectivity index (χ3v) is 2.48. The van der Waals surface area contributed by atoms with E-state index in [0.29, 0.717) is 23.2 Å². The Balaban J connectivity index is 1.83. The summed E-state index contributed by atoms with van der Waals surface area (Å²) in [6.07, 6.45) is 0. The maximum atomic E-state index is 12.7. The highest BCUT2D eigenvalue weighted by Crippen LogP contribution is 2.07. The van der Waals surface area contributed by atoms with Gasteiger partial charge in [0.2, 0.25) is 0 Å². The molecule has 2 N–H and O–H groups in total. The maximum Gasteiger partial charge on any atom is 0.175 e. The Morgan fingerprint density at radius 2 is 2.11 bits per heavy atom. The smallest absolute Gasteiger partial charge is 0.175 e. The van der Waals surface area contributed by atoms with Gasteiger partial charge in [-0.25, -0.2) is 4.39 Å². The van der Waals surface area contributed by atoms with Crippen LogP contribution in [0.4, 0.5) is 10.2 Å². The molecule has 0 bridgehead atoms. The Kier molecular flexibility index (Phi) is 3.88. The first-order valence-corrected chi connectivity index (χ1v) is 5.77. The standard InChI is InChI=1S/C12H12FN3OS/c1-8-6-11(16-17-8)15-12(18)14-7-9-2-4-10(13)5-3-9/h2-6H,7H2,1H3,(H2,14,15,16,18). The molecule has 1 aromatic carbocycles. The lowest BCUT2D eigenvalue weighted by Crippen LogP contribution is -2.27. The van der Waals surface area contributed by atoms with Crippen LogP contribution in [-0.4, -0.2) is 10.3 Å². The average molecular weight is 265 g/mol. The van der Waals surface area contributed by atoms with E-state index in [2.05, 4.69) is 15.8 Å². The molecule has 0 atom stereocenters. The summed E-state index contributed by atoms with van der Waals surface area (Å²) < 4.78 is 17.6. The molecule has 0 aliphatic heterocycles. The van der Waals surface area contributed by atoms with Crippen molar-refractivity contribution in [3.8, 4) is 0 Å². The van der Waals surface area contributed by atoms with Crippen LogP contribution in [-0.2, 0) is 6.54 Å². The zero-order valence-corrected chi connectivity index (χ0v) is 10.6. The van der Waals surface area contributed by atoms with Crippen LogP contribution < -0.4 is 10.6 Å². The van der Waals surface area contributed by atoms with Crippen molar-refractivity contribution < 1.29 is 8.91 Å². The highest BCUT2D eigenvalue weighted by molar-refractivity contribution is 7.80. The van der Waals surface area contributed by atoms with Gasteiger partial charge in [-0.05, 0) is 36.8 Å². The first-order valence-electron chi connectivity index (χ1n) is 5.36. The van der Waals surface area contributed by atoms with Crippen molar-refractivity contribution in [2.75, 3.05) is 5.32 Å². The number of nitrogens with one attached hydrogen (secondary N) is 2. The molecule has 0 radical (unpaired) electrons. The molecule has 1 heterocycles. The third kappa shape index (κ3) is 3.53. The number of hydrogen-bond acceptors (Lipinski definition) is 3. The van der Waals surface area contributed by atoms with Gasteiger partial charge in [0.25, 0.3) is 0 Å². The highest BCUT2D eigenvalue weighted by Gasteiger charge is 2.02. The number of halogens is 1. The van der Waals surface area contributed by atoms with Crippen LogP contribution in [0.15, 0.2) is 34.9 Å². The lowest BCUT2D eigenvalue weighted by atomic mass is 10.2. The van der Waals surface area contributed by atoms with Gasteiger partial charge in [-0.3, -0.25) is 0 Å². The van der Waals surface area contributed by atoms with E-state index in [0.717, 1.165) is 5.56 Å². The van der Waals surface area contributed by atoms with E-state index in [-0.39, 0.29) is 5.82 Å². The molecule has 18 heavy (non-hydrogen) atoms. The molecule has 0 spiro atoms. The molecule has 0 amide bonds. The van der Waals surface area contributed by atoms with Gasteiger partial charge in [0.05, 0.1) is 0 Å². The molecule has 0 unspecified atom stereocenters. The van der Waals surface area contributed by atoms with Crippen LogP contribution in [0.1, 0.15) is 11.3 Å². The van der Waals surface area contributed by atoms with Gasteiger partial charge < -0.3 is 15.2 Å². The van der Waals surface area contributed by atoms with Gasteiger partial charge in [0, 0.05) is 12.6 Å². The van der Waals surface area contributed by atoms with E-state index < -0.39 is 0 Å². The number of aryl methyl sites for hydroxylation is 1. The van der Waals surface area contributed by atoms with Crippen LogP contribution in [0.3, 0.4) is 0 Å². The second kappa shape index (κ2) is 5.59. The number of nitrogens with zero attached hydrogens (tertiary/aromatic N) is 1. The van der Waals surface area contributed by atoms with Crippen molar-refractivity contribution in [2.24, 2.45) is 0 Å². The molecule has 4 nitrogen and oxygen atoms in total. The predicted molar refractivity (Wildman–Crippen MR) is 70.7 cm³/mol. The Hall–Kier alpha value is -1.95. The van der Waals surface area contributed by atoms with Crippen LogP contribution >= 0.6 is 12.2 Å². The number of aromatic nitrogens is 1. The quantitative estimate of drug-likeness (QED) is 0.835. The molecular formula is C12H12FN3OS. The summed E-state index contributed by atoms with van der Waals surface area (Å²) in [5.41, 5.74) is 0.942. The first-order chi connectivity index (χ1) is 8.63. The largest absolute Gasteiger partial charge is 0.360 e. The highest BCUT2D eigenvalue weighted by atomic mass is 32.1. The number of anilines is 1. The van der Waals surface area contributed by atoms with Gasteiger partial charge >= 0.3 is 0 Å². The Bertz CT molecular complexity index is 539. The minimum atomic E-state index is -0.252. The van der Waals surface area contributed by atoms with Crippen LogP contribution in [0.25, 0.3) is 0 Å². The van der Waals surface area contributed by atoms with Gasteiger partial charge in [0.15, 0.2) is 10.9 Å². The van der Waals surface area contributed by atoms with E-state index in [4.69, 9.17) is 16.7 Å². The van der Waals surface area contributed by atoms with Crippen LogP contribution in [0, 0.1) is 12.7 Å². The molecule has 0 fully saturated rings. The number of benzene rings is 1. The summed E-state index contributed by atoms with van der Waals surface area (Å²) in [4.78, 5) is 0. The Labute approximate surface area is 109 Å². The van der Waals surface area contributed by atoms with Crippen LogP contribution in [0.2, 0.25) is 0 Å². The summed E-state index contributed by atoms with van der Waals surface area (Å²) in [6, 6.07) is 7.96. The zero-order chi connectivity index (χ0) is 13.0. The molecule has 0 aliphatic carbocycles. The zero-order valence-electron chi connectivity index (χ0n) is 9.74. The fourth-order valence-corrected chi connectivity index (χ4v) is 1.55. The van der Waals surface area contributed by atoms with Crippen molar-refractivity contribution in [3.63, 3.8) is 0 Å². The van der Waals surface area contributed by atoms with E-state index in [1.807, 2.05) is 0 Å². The molecule has 0 aliphatic rings. The monoisotopic (exact) mass is 265 g/mol. The van der Waals surface area contributed by atoms with E-state index in [1.165, 1.54) is 12.1 Å². The average Bonchev–Trinajstić information content (AvgIpc) is 2.74. The molecule has 94 valence electrons. The predicted octanol–water partition coefficient (Wildman–Crippen LogP) is 2.61.